The van der Waals surface area contributed by atoms with Crippen molar-refractivity contribution in [1.82, 2.24) is 10.6 Å². The Balaban J connectivity index is 0.000000231. The van der Waals surface area contributed by atoms with Crippen LogP contribution in [0.1, 0.15) is 276 Å². The molecule has 4 aliphatic carbocycles. The Hall–Kier alpha value is -8.51. The molecule has 6 aromatic carbocycles. The van der Waals surface area contributed by atoms with Crippen LogP contribution in [0, 0.1) is 16.2 Å². The number of Topliss-reactive ketones (excluding diaryl/α,β-unsaturated/α-hetero) is 3. The molecule has 12 heteroatoms. The van der Waals surface area contributed by atoms with Crippen LogP contribution in [-0.4, -0.2) is 69.2 Å². The number of benzene rings is 6. The maximum Gasteiger partial charge on any atom is 0.168 e. The number of nitrogens with one attached hydrogen (secondary N) is 9. The third-order valence-electron chi connectivity index (χ3n) is 16.6. The van der Waals surface area contributed by atoms with E-state index in [2.05, 4.69) is 322 Å². The van der Waals surface area contributed by atoms with Gasteiger partial charge in [-0.1, -0.05) is 98.7 Å². The third-order valence-corrected chi connectivity index (χ3v) is 16.6. The van der Waals surface area contributed by atoms with Gasteiger partial charge >= 0.3 is 0 Å². The lowest BCUT2D eigenvalue weighted by molar-refractivity contribution is -0.123. The molecule has 4 aliphatic rings. The Labute approximate surface area is 649 Å². The van der Waals surface area contributed by atoms with E-state index in [-0.39, 0.29) is 61.3 Å². The minimum absolute atomic E-state index is 0.0373. The van der Waals surface area contributed by atoms with Crippen LogP contribution in [0.5, 0.6) is 0 Å². The molecule has 10 rings (SSSR count). The molecule has 0 radical (unpaired) electrons. The van der Waals surface area contributed by atoms with Crippen LogP contribution in [0.15, 0.2) is 144 Å². The minimum atomic E-state index is -0.320. The van der Waals surface area contributed by atoms with Crippen molar-refractivity contribution >= 4 is 81.5 Å². The van der Waals surface area contributed by atoms with Crippen molar-refractivity contribution in [2.75, 3.05) is 37.2 Å². The van der Waals surface area contributed by atoms with E-state index in [1.807, 2.05) is 92.6 Å². The lowest BCUT2D eigenvalue weighted by Crippen LogP contribution is -2.35. The second-order valence-corrected chi connectivity index (χ2v) is 38.9. The molecule has 0 spiro atoms. The number of ketones is 3. The molecule has 0 saturated heterocycles. The van der Waals surface area contributed by atoms with Gasteiger partial charge in [-0.3, -0.25) is 14.4 Å². The van der Waals surface area contributed by atoms with Crippen LogP contribution < -0.4 is 47.9 Å². The molecular formula is C95H141N9O3. The predicted molar refractivity (Wildman–Crippen MR) is 469 cm³/mol. The summed E-state index contributed by atoms with van der Waals surface area (Å²) in [5.74, 6) is 0.682. The summed E-state index contributed by atoms with van der Waals surface area (Å²) in [6.45, 7) is 67.4. The zero-order chi connectivity index (χ0) is 80.8. The van der Waals surface area contributed by atoms with Gasteiger partial charge in [0.15, 0.2) is 17.3 Å². The van der Waals surface area contributed by atoms with Crippen LogP contribution in [-0.2, 0) is 35.3 Å². The van der Waals surface area contributed by atoms with Crippen molar-refractivity contribution in [2.24, 2.45) is 16.2 Å². The molecule has 0 aromatic heterocycles. The topological polar surface area (TPSA) is 159 Å². The summed E-state index contributed by atoms with van der Waals surface area (Å²) >= 11 is 0. The first-order chi connectivity index (χ1) is 49.0. The highest BCUT2D eigenvalue weighted by Gasteiger charge is 2.31. The molecule has 9 N–H and O–H groups in total. The average Bonchev–Trinajstić information content (AvgIpc) is 1.68. The maximum absolute atomic E-state index is 12.4. The van der Waals surface area contributed by atoms with Gasteiger partial charge in [-0.15, -0.1) is 0 Å². The van der Waals surface area contributed by atoms with Crippen LogP contribution in [0.2, 0.25) is 0 Å². The predicted octanol–water partition coefficient (Wildman–Crippen LogP) is 23.9. The van der Waals surface area contributed by atoms with E-state index in [0.29, 0.717) is 24.2 Å². The second-order valence-electron chi connectivity index (χ2n) is 38.9. The number of carbonyl (C=O) groups excluding carboxylic acids is 3. The second kappa shape index (κ2) is 36.6. The van der Waals surface area contributed by atoms with E-state index in [1.165, 1.54) is 67.3 Å². The first-order valence-electron chi connectivity index (χ1n) is 39.1. The Kier molecular flexibility index (Phi) is 30.5. The lowest BCUT2D eigenvalue weighted by Gasteiger charge is -2.24. The van der Waals surface area contributed by atoms with Gasteiger partial charge in [-0.05, 0) is 313 Å². The molecule has 0 bridgehead atoms. The van der Waals surface area contributed by atoms with Crippen LogP contribution >= 0.6 is 0 Å². The molecule has 584 valence electrons. The fourth-order valence-corrected chi connectivity index (χ4v) is 12.6. The highest BCUT2D eigenvalue weighted by atomic mass is 16.1. The zero-order valence-electron chi connectivity index (χ0n) is 72.2. The van der Waals surface area contributed by atoms with E-state index in [9.17, 15) is 14.4 Å². The fraction of sp³-hybridized carbons (Fsp3) is 0.505. The molecule has 12 nitrogen and oxygen atoms in total. The normalized spacial score (nSPS) is 13.8. The van der Waals surface area contributed by atoms with Crippen molar-refractivity contribution < 1.29 is 14.4 Å². The average molecular weight is 1460 g/mol. The number of fused-ring (bicyclic) bond motifs is 4. The number of rotatable bonds is 16. The van der Waals surface area contributed by atoms with Gasteiger partial charge in [0.05, 0.1) is 0 Å². The molecule has 0 amide bonds. The van der Waals surface area contributed by atoms with Gasteiger partial charge in [0.25, 0.3) is 0 Å². The SMILES string of the molecule is CC(C)(C)Nc1ccc(C(=O)C(C)(C)C)cc1.CC(C)(C)Nc1ccc(NC(C)(C)C)cc1.CC(C)Nc1ccc2c(c1)C=C(C(=O)C(C)(C)C)C2.CC(C)Nc1ccc2c(c1)C=C(NC(C)(C)C)C2.CC(C)Nc1cccc2c1CC(C(=O)C(C)(C)C)=C2.CC(C)Nc1cccc2c1CC(NC(C)(C)C)=C2. The molecule has 0 unspecified atom stereocenters. The number of hydrogen-bond acceptors (Lipinski definition) is 12. The molecule has 0 atom stereocenters. The number of carbonyl (C=O) groups is 3. The molecular weight excluding hydrogens is 1320 g/mol. The largest absolute Gasteiger partial charge is 0.383 e. The van der Waals surface area contributed by atoms with Crippen molar-refractivity contribution in [1.29, 1.82) is 0 Å². The van der Waals surface area contributed by atoms with Gasteiger partial charge in [-0.2, -0.15) is 0 Å². The highest BCUT2D eigenvalue weighted by molar-refractivity contribution is 6.06. The van der Waals surface area contributed by atoms with Crippen LogP contribution in [0.4, 0.5) is 39.8 Å². The van der Waals surface area contributed by atoms with Crippen molar-refractivity contribution in [3.05, 3.63) is 194 Å². The van der Waals surface area contributed by atoms with Gasteiger partial charge in [0, 0.05) is 162 Å². The van der Waals surface area contributed by atoms with Crippen LogP contribution in [0.3, 0.4) is 0 Å². The summed E-state index contributed by atoms with van der Waals surface area (Å²) in [4.78, 5) is 36.7. The summed E-state index contributed by atoms with van der Waals surface area (Å²) in [6.07, 6.45) is 12.2. The number of anilines is 7. The van der Waals surface area contributed by atoms with Gasteiger partial charge in [0.2, 0.25) is 0 Å². The number of hydrogen-bond donors (Lipinski definition) is 9. The van der Waals surface area contributed by atoms with E-state index >= 15 is 0 Å². The first kappa shape index (κ1) is 89.1. The van der Waals surface area contributed by atoms with Crippen molar-refractivity contribution in [3.8, 4) is 0 Å². The van der Waals surface area contributed by atoms with Crippen molar-refractivity contribution in [2.45, 2.75) is 299 Å². The molecule has 0 fully saturated rings. The Morgan fingerprint density at radius 1 is 0.290 bits per heavy atom. The van der Waals surface area contributed by atoms with E-state index in [1.54, 1.807) is 0 Å². The quantitative estimate of drug-likeness (QED) is 0.0423. The summed E-state index contributed by atoms with van der Waals surface area (Å²) in [5.41, 5.74) is 23.3. The Morgan fingerprint density at radius 2 is 0.589 bits per heavy atom. The minimum Gasteiger partial charge on any atom is -0.383 e. The number of allylic oxidation sites excluding steroid dienone is 4. The highest BCUT2D eigenvalue weighted by Crippen LogP contribution is 2.37. The summed E-state index contributed by atoms with van der Waals surface area (Å²) in [7, 11) is 0. The Morgan fingerprint density at radius 3 is 0.953 bits per heavy atom. The zero-order valence-corrected chi connectivity index (χ0v) is 72.2. The third kappa shape index (κ3) is 31.3. The summed E-state index contributed by atoms with van der Waals surface area (Å²) < 4.78 is 0. The molecule has 0 heterocycles. The summed E-state index contributed by atoms with van der Waals surface area (Å²) in [6, 6.07) is 43.6. The van der Waals surface area contributed by atoms with Gasteiger partial charge in [-0.25, -0.2) is 0 Å². The van der Waals surface area contributed by atoms with Crippen molar-refractivity contribution in [3.63, 3.8) is 0 Å². The fourth-order valence-electron chi connectivity index (χ4n) is 12.6. The lowest BCUT2D eigenvalue weighted by atomic mass is 9.85. The standard InChI is InChI=1S/2C17H23NO.2C16H24N2.C15H23NO.C14H24N2/c1-11(2)18-15-7-6-12-8-14(9-13(12)10-15)16(19)17(3,4)5;1-11(2)18-15-8-6-7-12-9-13(10-14(12)15)16(19)17(3,4)5;1-11(2)17-14-7-6-12-8-15(10-13(12)9-14)18-16(3,4)5;1-11(2)17-15-8-6-7-12-9-13(10-14(12)15)18-16(3,4)5;1-14(2,3)13(17)11-7-9-12(10-8-11)16-15(4,5)6;1-13(2,3)15-11-7-9-12(10-8-11)16-14(4,5)6/h6-7,9-11,18H,8H2,1-5H3;6-9,11,18H,10H2,1-5H3;6-7,9-11,17-18H,8H2,1-5H3;6-9,11,17-18H,10H2,1-5H3;7-10,16H,1-6H3;7-10,15-16H,1-6H3. The molecule has 6 aromatic rings. The molecule has 0 aliphatic heterocycles. The first-order valence-corrected chi connectivity index (χ1v) is 39.1. The van der Waals surface area contributed by atoms with E-state index in [4.69, 9.17) is 0 Å². The Bertz CT molecular complexity index is 4050. The van der Waals surface area contributed by atoms with Gasteiger partial charge in [0.1, 0.15) is 0 Å². The maximum atomic E-state index is 12.4. The van der Waals surface area contributed by atoms with Crippen LogP contribution in [0.25, 0.3) is 24.3 Å². The molecule has 0 saturated carbocycles. The summed E-state index contributed by atoms with van der Waals surface area (Å²) in [5, 5.41) is 31.2. The monoisotopic (exact) mass is 1460 g/mol. The van der Waals surface area contributed by atoms with Gasteiger partial charge < -0.3 is 47.9 Å². The molecule has 107 heavy (non-hydrogen) atoms. The van der Waals surface area contributed by atoms with E-state index in [0.717, 1.165) is 70.8 Å². The van der Waals surface area contributed by atoms with E-state index < -0.39 is 0 Å². The smallest absolute Gasteiger partial charge is 0.168 e.